The molecule has 0 saturated carbocycles. The number of hydrazone groups is 1. The molecule has 10 heteroatoms. The van der Waals surface area contributed by atoms with E-state index in [1.54, 1.807) is 6.21 Å². The van der Waals surface area contributed by atoms with Gasteiger partial charge in [-0.05, 0) is 16.7 Å². The molecule has 0 bridgehead atoms. The highest BCUT2D eigenvalue weighted by Crippen LogP contribution is 2.32. The second-order valence-corrected chi connectivity index (χ2v) is 7.63. The molecule has 0 spiro atoms. The van der Waals surface area contributed by atoms with Crippen molar-refractivity contribution >= 4 is 23.2 Å². The maximum Gasteiger partial charge on any atom is 0.177 e. The van der Waals surface area contributed by atoms with Gasteiger partial charge in [0, 0.05) is 0 Å². The van der Waals surface area contributed by atoms with Crippen molar-refractivity contribution in [3.8, 4) is 11.1 Å². The molecule has 0 radical (unpaired) electrons. The number of benzene rings is 2. The van der Waals surface area contributed by atoms with E-state index >= 15 is 0 Å². The first kappa shape index (κ1) is 21.2. The number of anilines is 1. The van der Waals surface area contributed by atoms with Crippen molar-refractivity contribution in [1.29, 1.82) is 0 Å². The summed E-state index contributed by atoms with van der Waals surface area (Å²) in [6, 6.07) is 18.1. The Kier molecular flexibility index (Phi) is 5.80. The zero-order chi connectivity index (χ0) is 22.8. The highest BCUT2D eigenvalue weighted by Gasteiger charge is 2.44. The SMILES string of the molecule is OC[C@H]1O[C@@H](n2cnc3c(N/N=C/c4ccc(-c5ccccc5)cc4)ncnc32)[C@H](O)[C@@H]1O. The van der Waals surface area contributed by atoms with E-state index in [1.807, 2.05) is 42.5 Å². The predicted octanol–water partition coefficient (Wildman–Crippen LogP) is 1.55. The van der Waals surface area contributed by atoms with Crippen molar-refractivity contribution in [2.24, 2.45) is 5.10 Å². The summed E-state index contributed by atoms with van der Waals surface area (Å²) in [4.78, 5) is 12.7. The van der Waals surface area contributed by atoms with Crippen LogP contribution in [0.3, 0.4) is 0 Å². The molecule has 1 aliphatic heterocycles. The van der Waals surface area contributed by atoms with Crippen molar-refractivity contribution in [2.75, 3.05) is 12.0 Å². The van der Waals surface area contributed by atoms with Crippen LogP contribution in [0.25, 0.3) is 22.3 Å². The lowest BCUT2D eigenvalue weighted by molar-refractivity contribution is -0.0511. The Balaban J connectivity index is 1.32. The topological polar surface area (TPSA) is 138 Å². The van der Waals surface area contributed by atoms with Gasteiger partial charge in [0.25, 0.3) is 0 Å². The number of nitrogens with one attached hydrogen (secondary N) is 1. The number of aliphatic hydroxyl groups is 3. The standard InChI is InChI=1S/C23H22N6O4/c30-11-17-19(31)20(32)23(33-17)29-13-26-18-21(24-12-25-22(18)29)28-27-10-14-6-8-16(9-7-14)15-4-2-1-3-5-15/h1-10,12-13,17,19-20,23,30-32H,11H2,(H,24,25,28)/b27-10+/t17-,19-,20-,23-/m1/s1. The number of aromatic nitrogens is 4. The van der Waals surface area contributed by atoms with Gasteiger partial charge in [0.15, 0.2) is 23.2 Å². The normalized spacial score (nSPS) is 22.9. The molecule has 0 amide bonds. The Morgan fingerprint density at radius 1 is 0.970 bits per heavy atom. The molecule has 1 saturated heterocycles. The van der Waals surface area contributed by atoms with Gasteiger partial charge in [0.1, 0.15) is 24.6 Å². The number of imidazole rings is 1. The molecule has 0 unspecified atom stereocenters. The summed E-state index contributed by atoms with van der Waals surface area (Å²) in [6.45, 7) is -0.413. The van der Waals surface area contributed by atoms with Gasteiger partial charge in [-0.15, -0.1) is 0 Å². The molecule has 2 aromatic carbocycles. The maximum atomic E-state index is 10.3. The predicted molar refractivity (Wildman–Crippen MR) is 121 cm³/mol. The lowest BCUT2D eigenvalue weighted by atomic mass is 10.0. The third-order valence-electron chi connectivity index (χ3n) is 5.55. The summed E-state index contributed by atoms with van der Waals surface area (Å²) in [6.07, 6.45) is 0.186. The van der Waals surface area contributed by atoms with E-state index in [-0.39, 0.29) is 0 Å². The Bertz CT molecular complexity index is 1260. The smallest absolute Gasteiger partial charge is 0.177 e. The summed E-state index contributed by atoms with van der Waals surface area (Å²) >= 11 is 0. The lowest BCUT2D eigenvalue weighted by Crippen LogP contribution is -2.33. The number of rotatable bonds is 6. The van der Waals surface area contributed by atoms with Crippen LogP contribution in [0.5, 0.6) is 0 Å². The zero-order valence-corrected chi connectivity index (χ0v) is 17.4. The Morgan fingerprint density at radius 2 is 1.73 bits per heavy atom. The quantitative estimate of drug-likeness (QED) is 0.259. The number of nitrogens with zero attached hydrogens (tertiary/aromatic N) is 5. The summed E-state index contributed by atoms with van der Waals surface area (Å²) in [5, 5.41) is 33.9. The lowest BCUT2D eigenvalue weighted by Gasteiger charge is -2.16. The Morgan fingerprint density at radius 3 is 2.45 bits per heavy atom. The second kappa shape index (κ2) is 9.04. The van der Waals surface area contributed by atoms with Gasteiger partial charge in [-0.25, -0.2) is 15.0 Å². The largest absolute Gasteiger partial charge is 0.394 e. The van der Waals surface area contributed by atoms with E-state index < -0.39 is 31.1 Å². The van der Waals surface area contributed by atoms with Gasteiger partial charge in [-0.3, -0.25) is 9.99 Å². The highest BCUT2D eigenvalue weighted by molar-refractivity contribution is 5.85. The number of ether oxygens (including phenoxy) is 1. The molecule has 0 aliphatic carbocycles. The van der Waals surface area contributed by atoms with Gasteiger partial charge >= 0.3 is 0 Å². The summed E-state index contributed by atoms with van der Waals surface area (Å²) in [5.74, 6) is 0.377. The Hall–Kier alpha value is -3.70. The minimum absolute atomic E-state index is 0.377. The second-order valence-electron chi connectivity index (χ2n) is 7.63. The molecular formula is C23H22N6O4. The van der Waals surface area contributed by atoms with Crippen LogP contribution < -0.4 is 5.43 Å². The van der Waals surface area contributed by atoms with Crippen molar-refractivity contribution in [3.63, 3.8) is 0 Å². The zero-order valence-electron chi connectivity index (χ0n) is 17.4. The molecular weight excluding hydrogens is 424 g/mol. The monoisotopic (exact) mass is 446 g/mol. The average molecular weight is 446 g/mol. The molecule has 4 aromatic rings. The van der Waals surface area contributed by atoms with E-state index in [2.05, 4.69) is 37.6 Å². The first-order valence-electron chi connectivity index (χ1n) is 10.4. The minimum atomic E-state index is -1.23. The number of hydrogen-bond donors (Lipinski definition) is 4. The fraction of sp³-hybridized carbons (Fsp3) is 0.217. The molecule has 1 fully saturated rings. The van der Waals surface area contributed by atoms with Crippen LogP contribution in [-0.4, -0.2) is 66.0 Å². The van der Waals surface area contributed by atoms with E-state index in [0.29, 0.717) is 17.0 Å². The van der Waals surface area contributed by atoms with E-state index in [4.69, 9.17) is 4.74 Å². The van der Waals surface area contributed by atoms with Gasteiger partial charge in [0.2, 0.25) is 0 Å². The number of hydrogen-bond acceptors (Lipinski definition) is 9. The molecule has 4 atom stereocenters. The molecule has 10 nitrogen and oxygen atoms in total. The van der Waals surface area contributed by atoms with Crippen molar-refractivity contribution in [2.45, 2.75) is 24.5 Å². The van der Waals surface area contributed by atoms with Crippen LogP contribution in [0.1, 0.15) is 11.8 Å². The minimum Gasteiger partial charge on any atom is -0.394 e. The fourth-order valence-electron chi connectivity index (χ4n) is 3.79. The maximum absolute atomic E-state index is 10.3. The summed E-state index contributed by atoms with van der Waals surface area (Å²) in [7, 11) is 0. The molecule has 4 N–H and O–H groups in total. The average Bonchev–Trinajstić information content (AvgIpc) is 3.41. The van der Waals surface area contributed by atoms with Gasteiger partial charge in [-0.2, -0.15) is 5.10 Å². The van der Waals surface area contributed by atoms with Crippen molar-refractivity contribution in [1.82, 2.24) is 19.5 Å². The fourth-order valence-corrected chi connectivity index (χ4v) is 3.79. The summed E-state index contributed by atoms with van der Waals surface area (Å²) in [5.41, 5.74) is 6.86. The molecule has 1 aliphatic rings. The van der Waals surface area contributed by atoms with Crippen LogP contribution >= 0.6 is 0 Å². The van der Waals surface area contributed by atoms with Crippen molar-refractivity contribution < 1.29 is 20.1 Å². The van der Waals surface area contributed by atoms with Crippen LogP contribution in [-0.2, 0) is 4.74 Å². The Labute approximate surface area is 188 Å². The van der Waals surface area contributed by atoms with Gasteiger partial charge in [-0.1, -0.05) is 54.6 Å². The third kappa shape index (κ3) is 4.08. The number of aliphatic hydroxyl groups excluding tert-OH is 3. The van der Waals surface area contributed by atoms with Gasteiger partial charge in [0.05, 0.1) is 19.1 Å². The van der Waals surface area contributed by atoms with E-state index in [0.717, 1.165) is 16.7 Å². The molecule has 5 rings (SSSR count). The first-order valence-corrected chi connectivity index (χ1v) is 10.4. The third-order valence-corrected chi connectivity index (χ3v) is 5.55. The first-order chi connectivity index (χ1) is 16.2. The summed E-state index contributed by atoms with van der Waals surface area (Å²) < 4.78 is 7.07. The number of fused-ring (bicyclic) bond motifs is 1. The van der Waals surface area contributed by atoms with Crippen molar-refractivity contribution in [3.05, 3.63) is 72.8 Å². The van der Waals surface area contributed by atoms with Crippen LogP contribution in [0.4, 0.5) is 5.82 Å². The van der Waals surface area contributed by atoms with Crippen LogP contribution in [0, 0.1) is 0 Å². The molecule has 3 heterocycles. The highest BCUT2D eigenvalue weighted by atomic mass is 16.6. The van der Waals surface area contributed by atoms with Crippen LogP contribution in [0.2, 0.25) is 0 Å². The molecule has 168 valence electrons. The molecule has 2 aromatic heterocycles. The van der Waals surface area contributed by atoms with E-state index in [9.17, 15) is 15.3 Å². The van der Waals surface area contributed by atoms with E-state index in [1.165, 1.54) is 17.2 Å². The molecule has 33 heavy (non-hydrogen) atoms. The van der Waals surface area contributed by atoms with Gasteiger partial charge < -0.3 is 20.1 Å². The van der Waals surface area contributed by atoms with Crippen LogP contribution in [0.15, 0.2) is 72.4 Å².